The summed E-state index contributed by atoms with van der Waals surface area (Å²) in [4.78, 5) is 33.7. The lowest BCUT2D eigenvalue weighted by Gasteiger charge is -2.20. The Morgan fingerprint density at radius 2 is 1.62 bits per heavy atom. The monoisotopic (exact) mass is 481 g/mol. The first kappa shape index (κ1) is 31.8. The number of methoxy groups -OCH3 is 3. The van der Waals surface area contributed by atoms with Crippen LogP contribution in [0.25, 0.3) is 0 Å². The number of halogens is 1. The second-order valence-electron chi connectivity index (χ2n) is 6.81. The Morgan fingerprint density at radius 3 is 1.97 bits per heavy atom. The van der Waals surface area contributed by atoms with E-state index < -0.39 is 38.7 Å². The van der Waals surface area contributed by atoms with Crippen molar-refractivity contribution in [2.45, 2.75) is 51.2 Å². The second kappa shape index (κ2) is 14.6. The molecule has 0 radical (unpaired) electrons. The Labute approximate surface area is 187 Å². The summed E-state index contributed by atoms with van der Waals surface area (Å²) >= 11 is 0. The molecule has 0 aromatic heterocycles. The topological polar surface area (TPSA) is 145 Å². The number of Topliss-reactive ketones (excluding diaryl/α,β-unsaturated/α-hetero) is 2. The van der Waals surface area contributed by atoms with Crippen LogP contribution in [0.15, 0.2) is 23.1 Å². The Bertz CT molecular complexity index is 874. The standard InChI is InChI=1S/C14H19NO7S.C6H12O2.FH/c1-8(16)13(9(2)21-3)14(17)15-11-6-5-10(22-4)7-12(11)23(18,19)20;1-5(7)4-6(2)8-3;/h5-7,9,13H,1-4H3,(H,15,17)(H,18,19,20);6H,4H2,1-3H3;1H. The summed E-state index contributed by atoms with van der Waals surface area (Å²) in [5.41, 5.74) is -0.159. The van der Waals surface area contributed by atoms with Gasteiger partial charge in [-0.1, -0.05) is 0 Å². The predicted molar refractivity (Wildman–Crippen MR) is 116 cm³/mol. The van der Waals surface area contributed by atoms with Gasteiger partial charge in [0.1, 0.15) is 28.1 Å². The molecule has 0 aliphatic heterocycles. The number of nitrogens with one attached hydrogen (secondary N) is 1. The van der Waals surface area contributed by atoms with E-state index in [0.717, 1.165) is 6.07 Å². The Morgan fingerprint density at radius 1 is 1.06 bits per heavy atom. The van der Waals surface area contributed by atoms with Crippen LogP contribution in [-0.4, -0.2) is 64.0 Å². The Hall–Kier alpha value is -2.41. The van der Waals surface area contributed by atoms with E-state index in [4.69, 9.17) is 14.2 Å². The van der Waals surface area contributed by atoms with Crippen molar-refractivity contribution in [1.82, 2.24) is 0 Å². The van der Waals surface area contributed by atoms with Gasteiger partial charge in [-0.2, -0.15) is 8.42 Å². The van der Waals surface area contributed by atoms with E-state index in [1.807, 2.05) is 6.92 Å². The molecule has 3 unspecified atom stereocenters. The van der Waals surface area contributed by atoms with Crippen LogP contribution >= 0.6 is 0 Å². The number of amides is 1. The van der Waals surface area contributed by atoms with Gasteiger partial charge in [0, 0.05) is 26.7 Å². The summed E-state index contributed by atoms with van der Waals surface area (Å²) in [6, 6.07) is 3.73. The van der Waals surface area contributed by atoms with Crippen LogP contribution in [0.3, 0.4) is 0 Å². The number of carbonyl (C=O) groups is 3. The largest absolute Gasteiger partial charge is 0.497 e. The zero-order valence-corrected chi connectivity index (χ0v) is 20.0. The Kier molecular flexibility index (Phi) is 14.5. The smallest absolute Gasteiger partial charge is 0.296 e. The fourth-order valence-corrected chi connectivity index (χ4v) is 3.17. The van der Waals surface area contributed by atoms with Crippen molar-refractivity contribution < 1.29 is 46.3 Å². The van der Waals surface area contributed by atoms with E-state index in [2.05, 4.69) is 5.32 Å². The van der Waals surface area contributed by atoms with Crippen LogP contribution in [0.1, 0.15) is 34.1 Å². The molecule has 1 amide bonds. The molecule has 12 heteroatoms. The van der Waals surface area contributed by atoms with Crippen molar-refractivity contribution in [3.8, 4) is 5.75 Å². The maximum Gasteiger partial charge on any atom is 0.296 e. The highest BCUT2D eigenvalue weighted by Gasteiger charge is 2.31. The molecule has 0 fully saturated rings. The van der Waals surface area contributed by atoms with Crippen molar-refractivity contribution in [1.29, 1.82) is 0 Å². The van der Waals surface area contributed by atoms with E-state index in [9.17, 15) is 27.4 Å². The van der Waals surface area contributed by atoms with Gasteiger partial charge in [-0.05, 0) is 39.8 Å². The molecule has 0 aliphatic carbocycles. The number of ether oxygens (including phenoxy) is 3. The number of ketones is 2. The molecule has 0 spiro atoms. The second-order valence-corrected chi connectivity index (χ2v) is 8.20. The molecule has 0 saturated heterocycles. The van der Waals surface area contributed by atoms with E-state index in [-0.39, 0.29) is 28.0 Å². The van der Waals surface area contributed by atoms with Crippen LogP contribution < -0.4 is 10.1 Å². The quantitative estimate of drug-likeness (QED) is 0.379. The summed E-state index contributed by atoms with van der Waals surface area (Å²) in [5, 5.41) is 2.33. The van der Waals surface area contributed by atoms with Gasteiger partial charge in [-0.15, -0.1) is 0 Å². The number of carbonyl (C=O) groups excluding carboxylic acids is 3. The first-order chi connectivity index (χ1) is 14.3. The van der Waals surface area contributed by atoms with Crippen molar-refractivity contribution in [3.63, 3.8) is 0 Å². The van der Waals surface area contributed by atoms with Crippen molar-refractivity contribution in [2.24, 2.45) is 5.92 Å². The molecule has 1 aromatic rings. The summed E-state index contributed by atoms with van der Waals surface area (Å²) in [5.74, 6) is -1.92. The van der Waals surface area contributed by atoms with Crippen LogP contribution in [0.4, 0.5) is 10.4 Å². The van der Waals surface area contributed by atoms with Gasteiger partial charge in [0.15, 0.2) is 0 Å². The fourth-order valence-electron chi connectivity index (χ4n) is 2.51. The summed E-state index contributed by atoms with van der Waals surface area (Å²) in [6.07, 6.45) is -0.0938. The number of anilines is 1. The van der Waals surface area contributed by atoms with Crippen LogP contribution in [-0.2, 0) is 34.0 Å². The van der Waals surface area contributed by atoms with Gasteiger partial charge in [0.05, 0.1) is 25.0 Å². The molecule has 184 valence electrons. The highest BCUT2D eigenvalue weighted by Crippen LogP contribution is 2.27. The van der Waals surface area contributed by atoms with Crippen molar-refractivity contribution in [3.05, 3.63) is 18.2 Å². The maximum atomic E-state index is 12.3. The molecule has 2 N–H and O–H groups in total. The zero-order valence-electron chi connectivity index (χ0n) is 19.2. The molecule has 10 nitrogen and oxygen atoms in total. The van der Waals surface area contributed by atoms with E-state index in [0.29, 0.717) is 6.42 Å². The van der Waals surface area contributed by atoms with Crippen LogP contribution in [0.5, 0.6) is 5.75 Å². The molecule has 1 aromatic carbocycles. The third-order valence-corrected chi connectivity index (χ3v) is 5.16. The average Bonchev–Trinajstić information content (AvgIpc) is 2.66. The molecule has 0 heterocycles. The van der Waals surface area contributed by atoms with Crippen LogP contribution in [0, 0.1) is 5.92 Å². The average molecular weight is 482 g/mol. The summed E-state index contributed by atoms with van der Waals surface area (Å²) in [7, 11) is -0.311. The van der Waals surface area contributed by atoms with Crippen LogP contribution in [0.2, 0.25) is 0 Å². The first-order valence-corrected chi connectivity index (χ1v) is 10.7. The first-order valence-electron chi connectivity index (χ1n) is 9.30. The third-order valence-electron chi connectivity index (χ3n) is 4.26. The number of rotatable bonds is 10. The minimum Gasteiger partial charge on any atom is -0.497 e. The number of hydrogen-bond acceptors (Lipinski definition) is 8. The molecular formula is C20H32FNO9S. The summed E-state index contributed by atoms with van der Waals surface area (Å²) < 4.78 is 46.9. The number of hydrogen-bond donors (Lipinski definition) is 2. The van der Waals surface area contributed by atoms with Crippen molar-refractivity contribution >= 4 is 33.3 Å². The lowest BCUT2D eigenvalue weighted by atomic mass is 9.98. The minimum absolute atomic E-state index is 0. The molecule has 0 bridgehead atoms. The highest BCUT2D eigenvalue weighted by molar-refractivity contribution is 7.86. The van der Waals surface area contributed by atoms with E-state index in [1.54, 1.807) is 21.0 Å². The molecule has 1 rings (SSSR count). The summed E-state index contributed by atoms with van der Waals surface area (Å²) in [6.45, 7) is 6.22. The maximum absolute atomic E-state index is 12.3. The molecule has 0 aliphatic rings. The number of benzene rings is 1. The molecular weight excluding hydrogens is 449 g/mol. The van der Waals surface area contributed by atoms with Gasteiger partial charge >= 0.3 is 0 Å². The van der Waals surface area contributed by atoms with Gasteiger partial charge in [-0.25, -0.2) is 0 Å². The van der Waals surface area contributed by atoms with Gasteiger partial charge in [0.25, 0.3) is 10.1 Å². The fraction of sp³-hybridized carbons (Fsp3) is 0.550. The highest BCUT2D eigenvalue weighted by atomic mass is 32.2. The van der Waals surface area contributed by atoms with Gasteiger partial charge in [-0.3, -0.25) is 23.6 Å². The van der Waals surface area contributed by atoms with E-state index >= 15 is 0 Å². The molecule has 32 heavy (non-hydrogen) atoms. The minimum atomic E-state index is -4.59. The normalized spacial score (nSPS) is 13.4. The lowest BCUT2D eigenvalue weighted by molar-refractivity contribution is -0.135. The third kappa shape index (κ3) is 10.8. The van der Waals surface area contributed by atoms with Gasteiger partial charge in [0.2, 0.25) is 5.91 Å². The SMILES string of the molecule is COC(C)CC(C)=O.COc1ccc(NC(=O)C(C(C)=O)C(C)OC)c(S(=O)(=O)O)c1.F. The van der Waals surface area contributed by atoms with Gasteiger partial charge < -0.3 is 19.5 Å². The molecule has 0 saturated carbocycles. The lowest BCUT2D eigenvalue weighted by Crippen LogP contribution is -2.37. The Balaban J connectivity index is 0. The predicted octanol–water partition coefficient (Wildman–Crippen LogP) is 2.27. The molecule has 3 atom stereocenters. The van der Waals surface area contributed by atoms with Crippen molar-refractivity contribution in [2.75, 3.05) is 26.6 Å². The zero-order chi connectivity index (χ0) is 24.4. The van der Waals surface area contributed by atoms with E-state index in [1.165, 1.54) is 33.3 Å².